The van der Waals surface area contributed by atoms with Gasteiger partial charge in [0.1, 0.15) is 5.54 Å². The third kappa shape index (κ3) is 1.80. The molecule has 0 aromatic rings. The van der Waals surface area contributed by atoms with Crippen LogP contribution in [0, 0.1) is 11.3 Å². The van der Waals surface area contributed by atoms with Crippen LogP contribution in [-0.4, -0.2) is 32.4 Å². The molecule has 0 radical (unpaired) electrons. The minimum atomic E-state index is -0.364. The lowest BCUT2D eigenvalue weighted by molar-refractivity contribution is -0.231. The van der Waals surface area contributed by atoms with Crippen molar-refractivity contribution in [1.29, 1.82) is 5.26 Å². The highest BCUT2D eigenvalue weighted by atomic mass is 79.9. The summed E-state index contributed by atoms with van der Waals surface area (Å²) in [4.78, 5) is 6.79. The molecule has 2 aliphatic carbocycles. The van der Waals surface area contributed by atoms with Crippen LogP contribution in [0.5, 0.6) is 0 Å². The summed E-state index contributed by atoms with van der Waals surface area (Å²) in [5.74, 6) is 0. The quantitative estimate of drug-likeness (QED) is 0.671. The number of hydroxylamine groups is 2. The Kier molecular flexibility index (Phi) is 3.27. The number of hydrogen-bond donors (Lipinski definition) is 0. The second kappa shape index (κ2) is 4.48. The van der Waals surface area contributed by atoms with E-state index in [0.717, 1.165) is 32.1 Å². The van der Waals surface area contributed by atoms with Crippen LogP contribution in [0.1, 0.15) is 38.5 Å². The molecule has 1 heterocycles. The molecule has 3 aliphatic rings. The number of rotatable bonds is 1. The van der Waals surface area contributed by atoms with Gasteiger partial charge in [-0.2, -0.15) is 10.3 Å². The molecular formula is C12H16Br2N2O. The molecule has 0 aromatic heterocycles. The Hall–Kier alpha value is 0.370. The summed E-state index contributed by atoms with van der Waals surface area (Å²) in [6.45, 7) is 0. The summed E-state index contributed by atoms with van der Waals surface area (Å²) in [6, 6.07) is 2.89. The van der Waals surface area contributed by atoms with Crippen molar-refractivity contribution in [3.05, 3.63) is 0 Å². The molecule has 1 aliphatic heterocycles. The van der Waals surface area contributed by atoms with E-state index in [4.69, 9.17) is 4.84 Å². The normalized spacial score (nSPS) is 44.8. The zero-order chi connectivity index (χ0) is 12.0. The maximum Gasteiger partial charge on any atom is 0.133 e. The van der Waals surface area contributed by atoms with Crippen molar-refractivity contribution in [2.75, 3.05) is 0 Å². The first kappa shape index (κ1) is 12.4. The Balaban J connectivity index is 1.83. The van der Waals surface area contributed by atoms with Crippen LogP contribution >= 0.6 is 31.9 Å². The van der Waals surface area contributed by atoms with Crippen LogP contribution in [0.3, 0.4) is 0 Å². The molecule has 2 bridgehead atoms. The van der Waals surface area contributed by atoms with Crippen LogP contribution in [0.2, 0.25) is 0 Å². The van der Waals surface area contributed by atoms with Crippen LogP contribution < -0.4 is 0 Å². The summed E-state index contributed by atoms with van der Waals surface area (Å²) >= 11 is 7.41. The monoisotopic (exact) mass is 362 g/mol. The van der Waals surface area contributed by atoms with Gasteiger partial charge in [0.2, 0.25) is 0 Å². The largest absolute Gasteiger partial charge is 0.293 e. The van der Waals surface area contributed by atoms with E-state index < -0.39 is 0 Å². The van der Waals surface area contributed by atoms with Gasteiger partial charge in [-0.25, -0.2) is 0 Å². The van der Waals surface area contributed by atoms with Gasteiger partial charge in [-0.05, 0) is 19.3 Å². The van der Waals surface area contributed by atoms with Gasteiger partial charge in [-0.1, -0.05) is 51.1 Å². The van der Waals surface area contributed by atoms with Gasteiger partial charge in [-0.15, -0.1) is 0 Å². The van der Waals surface area contributed by atoms with Crippen LogP contribution in [0.4, 0.5) is 0 Å². The summed E-state index contributed by atoms with van der Waals surface area (Å²) < 4.78 is 0. The highest BCUT2D eigenvalue weighted by Crippen LogP contribution is 2.48. The molecule has 3 rings (SSSR count). The first-order valence-electron chi connectivity index (χ1n) is 6.33. The van der Waals surface area contributed by atoms with Crippen molar-refractivity contribution in [2.45, 2.75) is 65.9 Å². The van der Waals surface area contributed by atoms with Crippen LogP contribution in [0.25, 0.3) is 0 Å². The number of halogens is 2. The average Bonchev–Trinajstić information content (AvgIpc) is 2.92. The van der Waals surface area contributed by atoms with Gasteiger partial charge in [0, 0.05) is 4.83 Å². The van der Waals surface area contributed by atoms with E-state index in [9.17, 15) is 5.26 Å². The Morgan fingerprint density at radius 2 is 1.88 bits per heavy atom. The van der Waals surface area contributed by atoms with Crippen molar-refractivity contribution in [1.82, 2.24) is 5.06 Å². The smallest absolute Gasteiger partial charge is 0.133 e. The Morgan fingerprint density at radius 3 is 2.41 bits per heavy atom. The molecule has 0 N–H and O–H groups in total. The molecular weight excluding hydrogens is 348 g/mol. The molecule has 0 amide bonds. The molecule has 4 atom stereocenters. The maximum absolute atomic E-state index is 9.58. The molecule has 94 valence electrons. The third-order valence-corrected chi connectivity index (χ3v) is 7.41. The summed E-state index contributed by atoms with van der Waals surface area (Å²) in [5, 5.41) is 11.6. The van der Waals surface area contributed by atoms with Gasteiger partial charge in [0.15, 0.2) is 0 Å². The molecule has 3 fully saturated rings. The fraction of sp³-hybridized carbons (Fsp3) is 0.917. The van der Waals surface area contributed by atoms with Crippen LogP contribution in [0.15, 0.2) is 0 Å². The van der Waals surface area contributed by atoms with Gasteiger partial charge >= 0.3 is 0 Å². The Bertz CT molecular complexity index is 349. The molecule has 1 saturated heterocycles. The number of nitriles is 1. The van der Waals surface area contributed by atoms with Gasteiger partial charge in [-0.3, -0.25) is 4.84 Å². The Morgan fingerprint density at radius 1 is 1.18 bits per heavy atom. The van der Waals surface area contributed by atoms with Crippen molar-refractivity contribution < 1.29 is 4.84 Å². The van der Waals surface area contributed by atoms with Crippen molar-refractivity contribution in [3.8, 4) is 6.07 Å². The van der Waals surface area contributed by atoms with E-state index in [1.807, 2.05) is 5.06 Å². The third-order valence-electron chi connectivity index (χ3n) is 4.36. The highest BCUT2D eigenvalue weighted by Gasteiger charge is 2.57. The van der Waals surface area contributed by atoms with E-state index in [1.165, 1.54) is 6.42 Å². The first-order valence-corrected chi connectivity index (χ1v) is 8.17. The average molecular weight is 364 g/mol. The predicted octanol–water partition coefficient (Wildman–Crippen LogP) is 3.13. The van der Waals surface area contributed by atoms with Gasteiger partial charge in [0.05, 0.1) is 23.0 Å². The van der Waals surface area contributed by atoms with Gasteiger partial charge < -0.3 is 0 Å². The molecule has 2 saturated carbocycles. The zero-order valence-electron chi connectivity index (χ0n) is 9.61. The summed E-state index contributed by atoms with van der Waals surface area (Å²) in [6.07, 6.45) is 6.74. The predicted molar refractivity (Wildman–Crippen MR) is 72.0 cm³/mol. The van der Waals surface area contributed by atoms with E-state index in [1.54, 1.807) is 0 Å². The van der Waals surface area contributed by atoms with Crippen molar-refractivity contribution in [2.24, 2.45) is 0 Å². The number of alkyl halides is 2. The molecule has 2 unspecified atom stereocenters. The van der Waals surface area contributed by atoms with E-state index in [2.05, 4.69) is 37.9 Å². The molecule has 0 aromatic carbocycles. The summed E-state index contributed by atoms with van der Waals surface area (Å²) in [5.41, 5.74) is -0.364. The SMILES string of the molecule is N#CC1(N2O[C@H]3C[C@@H]2C(Br)C3Br)CCCCC1. The molecule has 17 heavy (non-hydrogen) atoms. The first-order chi connectivity index (χ1) is 8.18. The van der Waals surface area contributed by atoms with E-state index in [-0.39, 0.29) is 11.6 Å². The lowest BCUT2D eigenvalue weighted by atomic mass is 9.82. The number of hydrogen-bond acceptors (Lipinski definition) is 3. The lowest BCUT2D eigenvalue weighted by Crippen LogP contribution is -2.56. The zero-order valence-corrected chi connectivity index (χ0v) is 12.8. The van der Waals surface area contributed by atoms with Gasteiger partial charge in [0.25, 0.3) is 0 Å². The lowest BCUT2D eigenvalue weighted by Gasteiger charge is -2.44. The fourth-order valence-electron chi connectivity index (χ4n) is 3.40. The van der Waals surface area contributed by atoms with Crippen LogP contribution in [-0.2, 0) is 4.84 Å². The number of fused-ring (bicyclic) bond motifs is 2. The maximum atomic E-state index is 9.58. The fourth-order valence-corrected chi connectivity index (χ4v) is 4.84. The molecule has 3 nitrogen and oxygen atoms in total. The minimum Gasteiger partial charge on any atom is -0.293 e. The highest BCUT2D eigenvalue weighted by molar-refractivity contribution is 9.12. The standard InChI is InChI=1S/C12H16Br2N2O/c13-10-8-6-9(11(10)14)17-16(8)12(7-15)4-2-1-3-5-12/h8-11H,1-6H2/t8-,9+,10?,11?/m1/s1. The topological polar surface area (TPSA) is 36.3 Å². The Labute approximate surface area is 119 Å². The number of nitrogens with zero attached hydrogens (tertiary/aromatic N) is 2. The minimum absolute atomic E-state index is 0.233. The second-order valence-corrected chi connectivity index (χ2v) is 7.48. The van der Waals surface area contributed by atoms with E-state index in [0.29, 0.717) is 15.7 Å². The molecule has 0 spiro atoms. The van der Waals surface area contributed by atoms with Crippen molar-refractivity contribution >= 4 is 31.9 Å². The van der Waals surface area contributed by atoms with Crippen molar-refractivity contribution in [3.63, 3.8) is 0 Å². The second-order valence-electron chi connectivity index (χ2n) is 5.37. The summed E-state index contributed by atoms with van der Waals surface area (Å²) in [7, 11) is 0. The molecule has 5 heteroatoms. The van der Waals surface area contributed by atoms with E-state index >= 15 is 0 Å².